The van der Waals surface area contributed by atoms with E-state index in [0.717, 1.165) is 0 Å². The molecule has 0 fully saturated rings. The maximum atomic E-state index is 6.36. The smallest absolute Gasteiger partial charge is 0.0154 e. The van der Waals surface area contributed by atoms with E-state index in [0.29, 0.717) is 0 Å². The van der Waals surface area contributed by atoms with Gasteiger partial charge in [-0.2, -0.15) is 0 Å². The molecule has 0 spiro atoms. The van der Waals surface area contributed by atoms with Crippen LogP contribution in [-0.4, -0.2) is 5.54 Å². The van der Waals surface area contributed by atoms with Gasteiger partial charge >= 0.3 is 0 Å². The van der Waals surface area contributed by atoms with Crippen LogP contribution in [0.15, 0.2) is 0 Å². The van der Waals surface area contributed by atoms with Crippen LogP contribution in [0.1, 0.15) is 72.1 Å². The predicted octanol–water partition coefficient (Wildman–Crippen LogP) is 4.03. The van der Waals surface area contributed by atoms with Crippen molar-refractivity contribution < 1.29 is 0 Å². The first kappa shape index (κ1) is 16.4. The van der Waals surface area contributed by atoms with Crippen LogP contribution >= 0.6 is 0 Å². The zero-order valence-corrected chi connectivity index (χ0v) is 10.4. The molecule has 14 heavy (non-hydrogen) atoms. The van der Waals surface area contributed by atoms with E-state index >= 15 is 0 Å². The lowest BCUT2D eigenvalue weighted by atomic mass is 9.85. The van der Waals surface area contributed by atoms with E-state index in [4.69, 9.17) is 5.73 Å². The van der Waals surface area contributed by atoms with Crippen molar-refractivity contribution in [3.8, 4) is 0 Å². The SMILES string of the molecule is CCCCCC(N)(CCC)CCC.N. The van der Waals surface area contributed by atoms with Gasteiger partial charge in [-0.3, -0.25) is 0 Å². The predicted molar refractivity (Wildman–Crippen MR) is 65.9 cm³/mol. The first-order valence-electron chi connectivity index (χ1n) is 5.97. The first-order chi connectivity index (χ1) is 6.18. The van der Waals surface area contributed by atoms with Crippen molar-refractivity contribution >= 4 is 0 Å². The highest BCUT2D eigenvalue weighted by molar-refractivity contribution is 4.82. The Hall–Kier alpha value is -0.0800. The van der Waals surface area contributed by atoms with Gasteiger partial charge in [0.05, 0.1) is 0 Å². The molecule has 0 aliphatic rings. The lowest BCUT2D eigenvalue weighted by Crippen LogP contribution is -2.39. The fraction of sp³-hybridized carbons (Fsp3) is 1.00. The van der Waals surface area contributed by atoms with E-state index in [1.165, 1.54) is 51.4 Å². The molecular formula is C12H30N2. The van der Waals surface area contributed by atoms with Gasteiger partial charge in [0.15, 0.2) is 0 Å². The van der Waals surface area contributed by atoms with Gasteiger partial charge in [0.2, 0.25) is 0 Å². The third kappa shape index (κ3) is 7.34. The van der Waals surface area contributed by atoms with Crippen LogP contribution in [0.3, 0.4) is 0 Å². The molecular weight excluding hydrogens is 172 g/mol. The van der Waals surface area contributed by atoms with Crippen molar-refractivity contribution in [2.24, 2.45) is 5.73 Å². The standard InChI is InChI=1S/C12H27N.H3N/c1-4-7-8-11-12(13,9-5-2)10-6-3;/h4-11,13H2,1-3H3;1H3. The average Bonchev–Trinajstić information content (AvgIpc) is 2.05. The van der Waals surface area contributed by atoms with Crippen molar-refractivity contribution in [2.45, 2.75) is 77.7 Å². The molecule has 0 aliphatic carbocycles. The van der Waals surface area contributed by atoms with Crippen molar-refractivity contribution in [3.05, 3.63) is 0 Å². The highest BCUT2D eigenvalue weighted by Gasteiger charge is 2.21. The number of rotatable bonds is 8. The summed E-state index contributed by atoms with van der Waals surface area (Å²) in [6.07, 6.45) is 10.0. The van der Waals surface area contributed by atoms with E-state index in [1.54, 1.807) is 0 Å². The Labute approximate surface area is 90.2 Å². The molecule has 0 saturated carbocycles. The fourth-order valence-corrected chi connectivity index (χ4v) is 2.10. The molecule has 0 atom stereocenters. The van der Waals surface area contributed by atoms with E-state index < -0.39 is 0 Å². The van der Waals surface area contributed by atoms with E-state index in [1.807, 2.05) is 0 Å². The first-order valence-corrected chi connectivity index (χ1v) is 5.97. The average molecular weight is 202 g/mol. The minimum absolute atomic E-state index is 0. The molecule has 0 aromatic heterocycles. The van der Waals surface area contributed by atoms with Crippen LogP contribution < -0.4 is 11.9 Å². The molecule has 0 radical (unpaired) electrons. The maximum Gasteiger partial charge on any atom is 0.0154 e. The van der Waals surface area contributed by atoms with Crippen molar-refractivity contribution in [3.63, 3.8) is 0 Å². The summed E-state index contributed by atoms with van der Waals surface area (Å²) >= 11 is 0. The van der Waals surface area contributed by atoms with E-state index in [9.17, 15) is 0 Å². The van der Waals surface area contributed by atoms with Gasteiger partial charge in [-0.25, -0.2) is 0 Å². The Morgan fingerprint density at radius 3 is 1.64 bits per heavy atom. The number of nitrogens with two attached hydrogens (primary N) is 1. The molecule has 0 aromatic rings. The third-order valence-corrected chi connectivity index (χ3v) is 2.77. The quantitative estimate of drug-likeness (QED) is 0.584. The van der Waals surface area contributed by atoms with Crippen molar-refractivity contribution in [1.82, 2.24) is 6.15 Å². The zero-order valence-electron chi connectivity index (χ0n) is 10.4. The second kappa shape index (κ2) is 9.47. The van der Waals surface area contributed by atoms with Gasteiger partial charge in [-0.05, 0) is 19.3 Å². The van der Waals surface area contributed by atoms with E-state index in [-0.39, 0.29) is 11.7 Å². The zero-order chi connectivity index (χ0) is 10.2. The summed E-state index contributed by atoms with van der Waals surface area (Å²) in [5.41, 5.74) is 6.51. The van der Waals surface area contributed by atoms with Gasteiger partial charge in [-0.15, -0.1) is 0 Å². The molecule has 0 saturated heterocycles. The monoisotopic (exact) mass is 202 g/mol. The third-order valence-electron chi connectivity index (χ3n) is 2.77. The van der Waals surface area contributed by atoms with Crippen molar-refractivity contribution in [1.29, 1.82) is 0 Å². The summed E-state index contributed by atoms with van der Waals surface area (Å²) in [5.74, 6) is 0. The lowest BCUT2D eigenvalue weighted by molar-refractivity contribution is 0.321. The van der Waals surface area contributed by atoms with Crippen LogP contribution in [-0.2, 0) is 0 Å². The fourth-order valence-electron chi connectivity index (χ4n) is 2.10. The number of hydrogen-bond donors (Lipinski definition) is 2. The summed E-state index contributed by atoms with van der Waals surface area (Å²) < 4.78 is 0. The molecule has 2 heteroatoms. The topological polar surface area (TPSA) is 61.0 Å². The molecule has 5 N–H and O–H groups in total. The summed E-state index contributed by atoms with van der Waals surface area (Å²) in [6, 6.07) is 0. The Kier molecular flexibility index (Phi) is 11.1. The summed E-state index contributed by atoms with van der Waals surface area (Å²) in [6.45, 7) is 6.71. The second-order valence-electron chi connectivity index (χ2n) is 4.32. The van der Waals surface area contributed by atoms with Gasteiger partial charge in [0.25, 0.3) is 0 Å². The van der Waals surface area contributed by atoms with E-state index in [2.05, 4.69) is 20.8 Å². The molecule has 0 rings (SSSR count). The molecule has 0 amide bonds. The Balaban J connectivity index is 0. The summed E-state index contributed by atoms with van der Waals surface area (Å²) in [4.78, 5) is 0. The summed E-state index contributed by atoms with van der Waals surface area (Å²) in [5, 5.41) is 0. The molecule has 88 valence electrons. The van der Waals surface area contributed by atoms with Gasteiger partial charge in [0, 0.05) is 5.54 Å². The molecule has 0 heterocycles. The summed E-state index contributed by atoms with van der Waals surface area (Å²) in [7, 11) is 0. The number of hydrogen-bond acceptors (Lipinski definition) is 2. The van der Waals surface area contributed by atoms with Crippen LogP contribution in [0.4, 0.5) is 0 Å². The highest BCUT2D eigenvalue weighted by atomic mass is 14.7. The molecule has 0 aromatic carbocycles. The lowest BCUT2D eigenvalue weighted by Gasteiger charge is -2.29. The van der Waals surface area contributed by atoms with Crippen LogP contribution in [0.2, 0.25) is 0 Å². The van der Waals surface area contributed by atoms with Crippen molar-refractivity contribution in [2.75, 3.05) is 0 Å². The van der Waals surface area contributed by atoms with Crippen LogP contribution in [0, 0.1) is 0 Å². The normalized spacial score (nSPS) is 11.1. The second-order valence-corrected chi connectivity index (χ2v) is 4.32. The Bertz CT molecular complexity index is 107. The molecule has 0 bridgehead atoms. The Morgan fingerprint density at radius 1 is 0.786 bits per heavy atom. The van der Waals surface area contributed by atoms with Gasteiger partial charge in [0.1, 0.15) is 0 Å². The van der Waals surface area contributed by atoms with Gasteiger partial charge < -0.3 is 11.9 Å². The van der Waals surface area contributed by atoms with Crippen LogP contribution in [0.5, 0.6) is 0 Å². The number of unbranched alkanes of at least 4 members (excludes halogenated alkanes) is 2. The Morgan fingerprint density at radius 2 is 1.29 bits per heavy atom. The largest absolute Gasteiger partial charge is 0.344 e. The minimum atomic E-state index is 0. The van der Waals surface area contributed by atoms with Gasteiger partial charge in [-0.1, -0.05) is 52.9 Å². The van der Waals surface area contributed by atoms with Crippen LogP contribution in [0.25, 0.3) is 0 Å². The molecule has 2 nitrogen and oxygen atoms in total. The maximum absolute atomic E-state index is 6.36. The molecule has 0 unspecified atom stereocenters. The highest BCUT2D eigenvalue weighted by Crippen LogP contribution is 2.23. The molecule has 0 aliphatic heterocycles. The minimum Gasteiger partial charge on any atom is -0.344 e.